The van der Waals surface area contributed by atoms with Crippen molar-refractivity contribution in [3.63, 3.8) is 0 Å². The first kappa shape index (κ1) is 18.3. The highest BCUT2D eigenvalue weighted by molar-refractivity contribution is 6.35. The van der Waals surface area contributed by atoms with E-state index in [1.165, 1.54) is 24.3 Å². The van der Waals surface area contributed by atoms with Crippen LogP contribution in [0.15, 0.2) is 51.7 Å². The monoisotopic (exact) mass is 392 g/mol. The Morgan fingerprint density at radius 1 is 1.12 bits per heavy atom. The maximum atomic E-state index is 12.3. The summed E-state index contributed by atoms with van der Waals surface area (Å²) in [6, 6.07) is 10.9. The van der Waals surface area contributed by atoms with E-state index in [9.17, 15) is 9.59 Å². The molecule has 0 saturated heterocycles. The molecule has 0 spiro atoms. The topological polar surface area (TPSA) is 65.7 Å². The Hall–Kier alpha value is -2.50. The fourth-order valence-corrected chi connectivity index (χ4v) is 2.70. The van der Waals surface area contributed by atoms with Crippen LogP contribution in [-0.4, -0.2) is 12.6 Å². The summed E-state index contributed by atoms with van der Waals surface area (Å²) in [5.74, 6) is -0.175. The van der Waals surface area contributed by atoms with Crippen molar-refractivity contribution in [2.45, 2.75) is 13.3 Å². The van der Waals surface area contributed by atoms with Gasteiger partial charge in [0.2, 0.25) is 0 Å². The Balaban J connectivity index is 1.90. The largest absolute Gasteiger partial charge is 0.493 e. The maximum absolute atomic E-state index is 12.3. The van der Waals surface area contributed by atoms with Gasteiger partial charge in [0.1, 0.15) is 22.6 Å². The molecule has 134 valence electrons. The summed E-state index contributed by atoms with van der Waals surface area (Å²) in [6.45, 7) is 2.55. The van der Waals surface area contributed by atoms with Gasteiger partial charge in [0, 0.05) is 16.5 Å². The van der Waals surface area contributed by atoms with Crippen molar-refractivity contribution in [3.05, 3.63) is 68.5 Å². The van der Waals surface area contributed by atoms with Crippen molar-refractivity contribution in [2.75, 3.05) is 6.61 Å². The molecule has 3 aromatic rings. The van der Waals surface area contributed by atoms with Crippen LogP contribution in [0.1, 0.15) is 23.7 Å². The lowest BCUT2D eigenvalue weighted by molar-refractivity contribution is 0.0730. The van der Waals surface area contributed by atoms with Crippen molar-refractivity contribution < 1.29 is 18.7 Å². The van der Waals surface area contributed by atoms with Crippen molar-refractivity contribution >= 4 is 40.1 Å². The summed E-state index contributed by atoms with van der Waals surface area (Å²) in [6.07, 6.45) is 0.861. The first-order chi connectivity index (χ1) is 12.5. The zero-order valence-electron chi connectivity index (χ0n) is 13.8. The van der Waals surface area contributed by atoms with Crippen LogP contribution in [-0.2, 0) is 0 Å². The lowest BCUT2D eigenvalue weighted by Crippen LogP contribution is -2.18. The van der Waals surface area contributed by atoms with Gasteiger partial charge < -0.3 is 13.9 Å². The smallest absolute Gasteiger partial charge is 0.351 e. The quantitative estimate of drug-likeness (QED) is 0.343. The van der Waals surface area contributed by atoms with Crippen molar-refractivity contribution in [3.8, 4) is 11.5 Å². The molecule has 0 bridgehead atoms. The number of carbonyl (C=O) groups is 1. The molecule has 0 saturated carbocycles. The lowest BCUT2D eigenvalue weighted by atomic mass is 10.2. The standard InChI is InChI=1S/C19H14Cl2O5/c1-2-7-24-13-5-3-11-8-14(19(23)26-17(11)10-13)18(22)25-16-6-4-12(20)9-15(16)21/h3-6,8-10H,2,7H2,1H3. The number of hydrogen-bond donors (Lipinski definition) is 0. The number of esters is 1. The summed E-state index contributed by atoms with van der Waals surface area (Å²) in [7, 11) is 0. The summed E-state index contributed by atoms with van der Waals surface area (Å²) in [5.41, 5.74) is -0.712. The van der Waals surface area contributed by atoms with E-state index in [-0.39, 0.29) is 16.3 Å². The average Bonchev–Trinajstić information content (AvgIpc) is 2.61. The second-order valence-corrected chi connectivity index (χ2v) is 6.30. The van der Waals surface area contributed by atoms with Crippen molar-refractivity contribution in [2.24, 2.45) is 0 Å². The van der Waals surface area contributed by atoms with Crippen LogP contribution in [0.4, 0.5) is 0 Å². The third-order valence-electron chi connectivity index (χ3n) is 3.50. The highest BCUT2D eigenvalue weighted by atomic mass is 35.5. The molecule has 0 amide bonds. The van der Waals surface area contributed by atoms with Crippen LogP contribution < -0.4 is 15.1 Å². The second-order valence-electron chi connectivity index (χ2n) is 5.46. The average molecular weight is 393 g/mol. The molecule has 1 heterocycles. The number of ether oxygens (including phenoxy) is 2. The Labute approximate surface area is 159 Å². The van der Waals surface area contributed by atoms with Gasteiger partial charge in [0.25, 0.3) is 0 Å². The number of halogens is 2. The molecule has 0 unspecified atom stereocenters. The number of fused-ring (bicyclic) bond motifs is 1. The fourth-order valence-electron chi connectivity index (χ4n) is 2.26. The molecular formula is C19H14Cl2O5. The van der Waals surface area contributed by atoms with E-state index >= 15 is 0 Å². The van der Waals surface area contributed by atoms with Crippen LogP contribution in [0.5, 0.6) is 11.5 Å². The Morgan fingerprint density at radius 3 is 2.65 bits per heavy atom. The lowest BCUT2D eigenvalue weighted by Gasteiger charge is -2.07. The van der Waals surface area contributed by atoms with Gasteiger partial charge in [0.15, 0.2) is 0 Å². The second kappa shape index (κ2) is 7.81. The molecule has 0 aliphatic carbocycles. The molecule has 5 nitrogen and oxygen atoms in total. The van der Waals surface area contributed by atoms with Crippen molar-refractivity contribution in [1.29, 1.82) is 0 Å². The number of rotatable bonds is 5. The van der Waals surface area contributed by atoms with Crippen LogP contribution >= 0.6 is 23.2 Å². The van der Waals surface area contributed by atoms with E-state index in [4.69, 9.17) is 37.1 Å². The molecule has 0 radical (unpaired) electrons. The van der Waals surface area contributed by atoms with Gasteiger partial charge in [-0.25, -0.2) is 9.59 Å². The Morgan fingerprint density at radius 2 is 1.92 bits per heavy atom. The molecular weight excluding hydrogens is 379 g/mol. The van der Waals surface area contributed by atoms with Gasteiger partial charge in [-0.3, -0.25) is 0 Å². The van der Waals surface area contributed by atoms with Crippen LogP contribution in [0.25, 0.3) is 11.0 Å². The number of benzene rings is 2. The Bertz CT molecular complexity index is 1030. The predicted octanol–water partition coefficient (Wildman–Crippen LogP) is 5.11. The summed E-state index contributed by atoms with van der Waals surface area (Å²) < 4.78 is 15.9. The minimum absolute atomic E-state index is 0.101. The molecule has 3 rings (SSSR count). The molecule has 0 aliphatic rings. The molecule has 0 aliphatic heterocycles. The molecule has 26 heavy (non-hydrogen) atoms. The third kappa shape index (κ3) is 4.00. The minimum atomic E-state index is -0.865. The third-order valence-corrected chi connectivity index (χ3v) is 4.03. The summed E-state index contributed by atoms with van der Waals surface area (Å²) >= 11 is 11.8. The predicted molar refractivity (Wildman–Crippen MR) is 99.7 cm³/mol. The molecule has 2 aromatic carbocycles. The van der Waals surface area contributed by atoms with E-state index in [1.54, 1.807) is 18.2 Å². The van der Waals surface area contributed by atoms with Crippen molar-refractivity contribution in [1.82, 2.24) is 0 Å². The SMILES string of the molecule is CCCOc1ccc2cc(C(=O)Oc3ccc(Cl)cc3Cl)c(=O)oc2c1. The fraction of sp³-hybridized carbons (Fsp3) is 0.158. The van der Waals surface area contributed by atoms with E-state index in [2.05, 4.69) is 0 Å². The maximum Gasteiger partial charge on any atom is 0.351 e. The molecule has 0 N–H and O–H groups in total. The van der Waals surface area contributed by atoms with Crippen LogP contribution in [0, 0.1) is 0 Å². The first-order valence-electron chi connectivity index (χ1n) is 7.86. The van der Waals surface area contributed by atoms with E-state index in [0.717, 1.165) is 6.42 Å². The van der Waals surface area contributed by atoms with Gasteiger partial charge in [-0.15, -0.1) is 0 Å². The van der Waals surface area contributed by atoms with E-state index < -0.39 is 11.6 Å². The first-order valence-corrected chi connectivity index (χ1v) is 8.61. The highest BCUT2D eigenvalue weighted by Crippen LogP contribution is 2.28. The highest BCUT2D eigenvalue weighted by Gasteiger charge is 2.18. The molecule has 0 atom stereocenters. The summed E-state index contributed by atoms with van der Waals surface area (Å²) in [4.78, 5) is 24.5. The van der Waals surface area contributed by atoms with Crippen LogP contribution in [0.3, 0.4) is 0 Å². The van der Waals surface area contributed by atoms with Gasteiger partial charge >= 0.3 is 11.6 Å². The molecule has 1 aromatic heterocycles. The van der Waals surface area contributed by atoms with E-state index in [1.807, 2.05) is 6.92 Å². The van der Waals surface area contributed by atoms with E-state index in [0.29, 0.717) is 28.3 Å². The molecule has 7 heteroatoms. The van der Waals surface area contributed by atoms with Gasteiger partial charge in [0.05, 0.1) is 11.6 Å². The minimum Gasteiger partial charge on any atom is -0.493 e. The van der Waals surface area contributed by atoms with Gasteiger partial charge in [-0.1, -0.05) is 30.1 Å². The number of hydrogen-bond acceptors (Lipinski definition) is 5. The number of carbonyl (C=O) groups excluding carboxylic acids is 1. The zero-order chi connectivity index (χ0) is 18.7. The zero-order valence-corrected chi connectivity index (χ0v) is 15.3. The van der Waals surface area contributed by atoms with Gasteiger partial charge in [-0.05, 0) is 42.8 Å². The summed E-state index contributed by atoms with van der Waals surface area (Å²) in [5, 5.41) is 1.14. The Kier molecular flexibility index (Phi) is 5.49. The normalized spacial score (nSPS) is 10.7. The molecule has 0 fully saturated rings. The van der Waals surface area contributed by atoms with Crippen LogP contribution in [0.2, 0.25) is 10.0 Å². The van der Waals surface area contributed by atoms with Gasteiger partial charge in [-0.2, -0.15) is 0 Å².